The van der Waals surface area contributed by atoms with Crippen LogP contribution in [0.4, 0.5) is 13.2 Å². The summed E-state index contributed by atoms with van der Waals surface area (Å²) in [6.07, 6.45) is -4.03. The molecule has 9 heteroatoms. The van der Waals surface area contributed by atoms with Crippen molar-refractivity contribution in [3.8, 4) is 11.6 Å². The fourth-order valence-electron chi connectivity index (χ4n) is 2.25. The number of alkyl halides is 3. The molecule has 0 radical (unpaired) electrons. The summed E-state index contributed by atoms with van der Waals surface area (Å²) in [7, 11) is 0. The molecule has 1 fully saturated rings. The van der Waals surface area contributed by atoms with E-state index in [0.717, 1.165) is 4.68 Å². The van der Waals surface area contributed by atoms with Crippen LogP contribution in [0.2, 0.25) is 0 Å². The van der Waals surface area contributed by atoms with E-state index in [9.17, 15) is 23.1 Å². The van der Waals surface area contributed by atoms with Crippen molar-refractivity contribution in [1.29, 1.82) is 0 Å². The maximum atomic E-state index is 12.7. The normalized spacial score (nSPS) is 14.7. The Morgan fingerprint density at radius 2 is 2.00 bits per heavy atom. The molecule has 1 saturated carbocycles. The van der Waals surface area contributed by atoms with Crippen LogP contribution in [-0.2, 0) is 11.3 Å². The van der Waals surface area contributed by atoms with Gasteiger partial charge in [-0.05, 0) is 17.5 Å². The van der Waals surface area contributed by atoms with Gasteiger partial charge in [0.1, 0.15) is 6.54 Å². The molecule has 1 amide bonds. The van der Waals surface area contributed by atoms with Gasteiger partial charge >= 0.3 is 12.1 Å². The van der Waals surface area contributed by atoms with Crippen molar-refractivity contribution in [1.82, 2.24) is 10.2 Å². The molecule has 0 atom stereocenters. The van der Waals surface area contributed by atoms with Crippen molar-refractivity contribution in [2.45, 2.75) is 31.6 Å². The SMILES string of the molecule is O=C(N(Cc1c([O-])on[n+]1-c1ccccc1)C1CC1)C(F)(F)F. The van der Waals surface area contributed by atoms with Crippen LogP contribution < -0.4 is 9.79 Å². The third kappa shape index (κ3) is 3.13. The van der Waals surface area contributed by atoms with Crippen LogP contribution in [0.5, 0.6) is 5.95 Å². The average Bonchev–Trinajstić information content (AvgIpc) is 3.28. The molecule has 0 unspecified atom stereocenters. The molecule has 0 spiro atoms. The molecule has 3 rings (SSSR count). The van der Waals surface area contributed by atoms with Crippen molar-refractivity contribution in [2.75, 3.05) is 0 Å². The smallest absolute Gasteiger partial charge is 0.471 e. The second kappa shape index (κ2) is 5.56. The lowest BCUT2D eigenvalue weighted by Gasteiger charge is -2.21. The van der Waals surface area contributed by atoms with E-state index in [-0.39, 0.29) is 5.69 Å². The van der Waals surface area contributed by atoms with Gasteiger partial charge < -0.3 is 14.5 Å². The van der Waals surface area contributed by atoms with Gasteiger partial charge in [-0.2, -0.15) is 13.2 Å². The molecule has 2 aromatic rings. The number of carbonyl (C=O) groups excluding carboxylic acids is 1. The minimum atomic E-state index is -4.99. The van der Waals surface area contributed by atoms with E-state index in [0.29, 0.717) is 23.4 Å². The first-order chi connectivity index (χ1) is 10.9. The van der Waals surface area contributed by atoms with Gasteiger partial charge in [-0.1, -0.05) is 18.2 Å². The van der Waals surface area contributed by atoms with Crippen LogP contribution >= 0.6 is 0 Å². The fourth-order valence-corrected chi connectivity index (χ4v) is 2.25. The van der Waals surface area contributed by atoms with Crippen LogP contribution in [0.3, 0.4) is 0 Å². The van der Waals surface area contributed by atoms with E-state index in [4.69, 9.17) is 0 Å². The first-order valence-corrected chi connectivity index (χ1v) is 6.89. The maximum absolute atomic E-state index is 12.7. The molecule has 23 heavy (non-hydrogen) atoms. The third-order valence-corrected chi connectivity index (χ3v) is 3.51. The zero-order chi connectivity index (χ0) is 16.6. The van der Waals surface area contributed by atoms with E-state index < -0.39 is 30.6 Å². The molecule has 1 aromatic carbocycles. The van der Waals surface area contributed by atoms with Crippen molar-refractivity contribution < 1.29 is 32.3 Å². The summed E-state index contributed by atoms with van der Waals surface area (Å²) in [6.45, 7) is -0.500. The zero-order valence-electron chi connectivity index (χ0n) is 11.8. The quantitative estimate of drug-likeness (QED) is 0.788. The van der Waals surface area contributed by atoms with E-state index in [1.54, 1.807) is 30.3 Å². The molecule has 6 nitrogen and oxygen atoms in total. The highest BCUT2D eigenvalue weighted by Crippen LogP contribution is 2.32. The molecular formula is C14H12F3N3O3. The van der Waals surface area contributed by atoms with Gasteiger partial charge in [0.25, 0.3) is 5.69 Å². The highest BCUT2D eigenvalue weighted by atomic mass is 19.4. The number of hydrogen-bond donors (Lipinski definition) is 0. The van der Waals surface area contributed by atoms with Crippen LogP contribution in [0.15, 0.2) is 34.9 Å². The van der Waals surface area contributed by atoms with E-state index in [1.807, 2.05) is 0 Å². The third-order valence-electron chi connectivity index (χ3n) is 3.51. The number of aromatic nitrogens is 2. The molecule has 1 aromatic heterocycles. The number of amides is 1. The molecule has 0 N–H and O–H groups in total. The summed E-state index contributed by atoms with van der Waals surface area (Å²) in [6, 6.07) is 7.85. The Bertz CT molecular complexity index is 711. The molecule has 1 aliphatic rings. The summed E-state index contributed by atoms with van der Waals surface area (Å²) in [4.78, 5) is 12.2. The molecule has 0 bridgehead atoms. The Balaban J connectivity index is 1.93. The van der Waals surface area contributed by atoms with Gasteiger partial charge in [-0.15, -0.1) is 0 Å². The summed E-state index contributed by atoms with van der Waals surface area (Å²) in [5.41, 5.74) is 0.337. The highest BCUT2D eigenvalue weighted by Gasteiger charge is 2.48. The summed E-state index contributed by atoms with van der Waals surface area (Å²) >= 11 is 0. The number of carbonyl (C=O) groups is 1. The van der Waals surface area contributed by atoms with Gasteiger partial charge in [0.05, 0.1) is 5.27 Å². The van der Waals surface area contributed by atoms with Gasteiger partial charge in [-0.3, -0.25) is 4.79 Å². The second-order valence-corrected chi connectivity index (χ2v) is 5.22. The Hall–Kier alpha value is -2.58. The second-order valence-electron chi connectivity index (χ2n) is 5.22. The number of benzene rings is 1. The number of nitrogens with zero attached hydrogens (tertiary/aromatic N) is 3. The first-order valence-electron chi connectivity index (χ1n) is 6.89. The van der Waals surface area contributed by atoms with Crippen LogP contribution in [0.1, 0.15) is 18.5 Å². The Kier molecular flexibility index (Phi) is 3.70. The molecule has 1 heterocycles. The minimum absolute atomic E-state index is 0.124. The van der Waals surface area contributed by atoms with E-state index >= 15 is 0 Å². The van der Waals surface area contributed by atoms with Crippen molar-refractivity contribution in [2.24, 2.45) is 0 Å². The minimum Gasteiger partial charge on any atom is -0.539 e. The summed E-state index contributed by atoms with van der Waals surface area (Å²) in [5, 5.41) is 15.3. The largest absolute Gasteiger partial charge is 0.539 e. The van der Waals surface area contributed by atoms with Gasteiger partial charge in [-0.25, -0.2) is 0 Å². The van der Waals surface area contributed by atoms with Crippen molar-refractivity contribution in [3.05, 3.63) is 36.0 Å². The lowest BCUT2D eigenvalue weighted by Crippen LogP contribution is -2.46. The van der Waals surface area contributed by atoms with Crippen molar-refractivity contribution >= 4 is 5.91 Å². The topological polar surface area (TPSA) is 73.3 Å². The zero-order valence-corrected chi connectivity index (χ0v) is 11.8. The Labute approximate surface area is 128 Å². The van der Waals surface area contributed by atoms with Gasteiger partial charge in [0.2, 0.25) is 5.69 Å². The molecular weight excluding hydrogens is 315 g/mol. The molecule has 0 aliphatic heterocycles. The van der Waals surface area contributed by atoms with Crippen molar-refractivity contribution in [3.63, 3.8) is 0 Å². The molecule has 0 saturated heterocycles. The van der Waals surface area contributed by atoms with Gasteiger partial charge in [0, 0.05) is 18.2 Å². The number of halogens is 3. The molecule has 1 aliphatic carbocycles. The fraction of sp³-hybridized carbons (Fsp3) is 0.357. The lowest BCUT2D eigenvalue weighted by molar-refractivity contribution is -0.678. The number of hydrogen-bond acceptors (Lipinski definition) is 4. The maximum Gasteiger partial charge on any atom is 0.471 e. The Morgan fingerprint density at radius 3 is 2.57 bits per heavy atom. The van der Waals surface area contributed by atoms with Crippen LogP contribution in [-0.4, -0.2) is 28.3 Å². The number of para-hydroxylation sites is 1. The monoisotopic (exact) mass is 327 g/mol. The number of rotatable bonds is 4. The predicted molar refractivity (Wildman–Crippen MR) is 67.1 cm³/mol. The van der Waals surface area contributed by atoms with E-state index in [2.05, 4.69) is 9.79 Å². The Morgan fingerprint density at radius 1 is 1.35 bits per heavy atom. The average molecular weight is 327 g/mol. The standard InChI is InChI=1S/C14H12F3N3O3/c15-14(16,17)13(22)19(9-6-7-9)8-11-12(21)23-18-20(11)10-4-2-1-3-5-10/h1-5,9H,6-8H2. The summed E-state index contributed by atoms with van der Waals surface area (Å²) in [5.74, 6) is -2.82. The molecule has 122 valence electrons. The van der Waals surface area contributed by atoms with Crippen LogP contribution in [0, 0.1) is 0 Å². The predicted octanol–water partition coefficient (Wildman–Crippen LogP) is 1.08. The lowest BCUT2D eigenvalue weighted by atomic mass is 10.3. The highest BCUT2D eigenvalue weighted by molar-refractivity contribution is 5.82. The van der Waals surface area contributed by atoms with Gasteiger partial charge in [0.15, 0.2) is 5.95 Å². The first kappa shape index (κ1) is 15.3. The van der Waals surface area contributed by atoms with Crippen LogP contribution in [0.25, 0.3) is 5.69 Å². The summed E-state index contributed by atoms with van der Waals surface area (Å²) < 4.78 is 43.8. The van der Waals surface area contributed by atoms with E-state index in [1.165, 1.54) is 0 Å².